The Bertz CT molecular complexity index is 1110. The Kier molecular flexibility index (Phi) is 102. The predicted octanol–water partition coefficient (Wildman–Crippen LogP) is 5.67. The first-order valence-electron chi connectivity index (χ1n) is 16.1. The van der Waals surface area contributed by atoms with Gasteiger partial charge in [-0.2, -0.15) is 0 Å². The van der Waals surface area contributed by atoms with Crippen molar-refractivity contribution < 1.29 is 114 Å². The molecule has 1 aliphatic rings. The quantitative estimate of drug-likeness (QED) is 0.228. The largest absolute Gasteiger partial charge is 0.481 e. The monoisotopic (exact) mass is 952 g/mol. The molecular formula is C40H78N4O10Y2. The molecular weight excluding hydrogens is 874 g/mol. The van der Waals surface area contributed by atoms with Gasteiger partial charge in [0.2, 0.25) is 35.4 Å². The number of rotatable bonds is 5. The number of carbonyl (C=O) groups excluding carboxylic acids is 7. The number of amides is 6. The van der Waals surface area contributed by atoms with E-state index in [0.29, 0.717) is 0 Å². The summed E-state index contributed by atoms with van der Waals surface area (Å²) in [6.07, 6.45) is -1.05. The second kappa shape index (κ2) is 64.0. The summed E-state index contributed by atoms with van der Waals surface area (Å²) in [5.41, 5.74) is 0. The van der Waals surface area contributed by atoms with Gasteiger partial charge in [0.1, 0.15) is 6.10 Å². The SMILES string of the molecule is C.C.C.C.CC.CC.CC.CC.CC#CC#CC#CC.CC(=O)N(C)C(C)=O.CC(=O)N(C)C(C)=O.CNC(=O)C1C(OC=O)C(C(=O)NC)C1C(=O)O.[Y].[Y]. The Hall–Kier alpha value is -2.95. The molecule has 0 saturated heterocycles. The van der Waals surface area contributed by atoms with Gasteiger partial charge < -0.3 is 20.5 Å². The molecule has 1 rings (SSSR count). The van der Waals surface area contributed by atoms with E-state index in [4.69, 9.17) is 5.11 Å². The zero-order valence-corrected chi connectivity index (χ0v) is 40.2. The van der Waals surface area contributed by atoms with Crippen LogP contribution >= 0.6 is 0 Å². The van der Waals surface area contributed by atoms with Gasteiger partial charge in [0, 0.05) is 121 Å². The van der Waals surface area contributed by atoms with Crippen LogP contribution in [-0.2, 0) is 109 Å². The Morgan fingerprint density at radius 1 is 0.554 bits per heavy atom. The van der Waals surface area contributed by atoms with Crippen LogP contribution in [0.3, 0.4) is 0 Å². The van der Waals surface area contributed by atoms with Crippen LogP contribution < -0.4 is 10.6 Å². The van der Waals surface area contributed by atoms with Crippen LogP contribution in [0.4, 0.5) is 0 Å². The number of nitrogens with one attached hydrogen (secondary N) is 2. The average molecular weight is 953 g/mol. The summed E-state index contributed by atoms with van der Waals surface area (Å²) in [6, 6.07) is 0. The van der Waals surface area contributed by atoms with Crippen LogP contribution in [0.5, 0.6) is 0 Å². The second-order valence-electron chi connectivity index (χ2n) is 8.04. The minimum atomic E-state index is -1.28. The summed E-state index contributed by atoms with van der Waals surface area (Å²) in [5.74, 6) is 8.88. The van der Waals surface area contributed by atoms with E-state index in [1.807, 2.05) is 55.4 Å². The standard InChI is InChI=1S/C10H14N2O6.C8H6.2C5H9NO2.4C2H6.4CH4.2Y/c1-11-8(14)5-4(10(16)17)6(9(15)12-2)7(5)18-3-13;1-3-5-7-8-6-4-2;2*1-4(7)6(3)5(2)8;4*1-2;;;;;;/h3-7H,1-2H3,(H,11,14)(H,12,15)(H,16,17);1-2H3;2*1-3H3;4*1-2H3;4*1H4;;. The summed E-state index contributed by atoms with van der Waals surface area (Å²) >= 11 is 0. The number of imide groups is 2. The van der Waals surface area contributed by atoms with Crippen molar-refractivity contribution in [2.45, 2.75) is 133 Å². The zero-order valence-electron chi connectivity index (χ0n) is 34.6. The third kappa shape index (κ3) is 45.4. The first-order chi connectivity index (χ1) is 23.5. The van der Waals surface area contributed by atoms with E-state index in [0.717, 1.165) is 9.80 Å². The molecule has 1 fully saturated rings. The van der Waals surface area contributed by atoms with Crippen molar-refractivity contribution in [2.75, 3.05) is 28.2 Å². The van der Waals surface area contributed by atoms with Crippen molar-refractivity contribution in [1.82, 2.24) is 20.4 Å². The molecule has 0 aliphatic heterocycles. The normalized spacial score (nSPS) is 12.9. The maximum Gasteiger partial charge on any atom is 0.308 e. The van der Waals surface area contributed by atoms with Crippen molar-refractivity contribution >= 4 is 47.9 Å². The fourth-order valence-electron chi connectivity index (χ4n) is 2.84. The summed E-state index contributed by atoms with van der Waals surface area (Å²) in [7, 11) is 5.58. The van der Waals surface area contributed by atoms with Crippen molar-refractivity contribution in [3.63, 3.8) is 0 Å². The molecule has 0 heterocycles. The van der Waals surface area contributed by atoms with Crippen LogP contribution in [0.25, 0.3) is 0 Å². The van der Waals surface area contributed by atoms with Gasteiger partial charge in [0.05, 0.1) is 17.8 Å². The molecule has 1 aliphatic carbocycles. The molecule has 1 saturated carbocycles. The molecule has 2 unspecified atom stereocenters. The fourth-order valence-corrected chi connectivity index (χ4v) is 2.84. The van der Waals surface area contributed by atoms with Gasteiger partial charge in [-0.3, -0.25) is 48.2 Å². The molecule has 0 spiro atoms. The Morgan fingerprint density at radius 3 is 0.911 bits per heavy atom. The van der Waals surface area contributed by atoms with Gasteiger partial charge in [0.15, 0.2) is 0 Å². The van der Waals surface area contributed by atoms with Crippen LogP contribution in [0.1, 0.15) is 127 Å². The zero-order chi connectivity index (χ0) is 41.6. The van der Waals surface area contributed by atoms with Gasteiger partial charge in [-0.25, -0.2) is 0 Å². The number of nitrogens with zero attached hydrogens (tertiary/aromatic N) is 2. The molecule has 0 bridgehead atoms. The van der Waals surface area contributed by atoms with E-state index in [-0.39, 0.29) is 125 Å². The Balaban J connectivity index is -0.0000000385. The number of carboxylic acids is 1. The van der Waals surface area contributed by atoms with E-state index >= 15 is 0 Å². The minimum absolute atomic E-state index is 0. The summed E-state index contributed by atoms with van der Waals surface area (Å²) in [4.78, 5) is 87.8. The number of hydrogen-bond donors (Lipinski definition) is 3. The molecule has 324 valence electrons. The summed E-state index contributed by atoms with van der Waals surface area (Å²) < 4.78 is 4.66. The van der Waals surface area contributed by atoms with Crippen molar-refractivity contribution in [3.8, 4) is 35.5 Å². The summed E-state index contributed by atoms with van der Waals surface area (Å²) in [6.45, 7) is 25.0. The van der Waals surface area contributed by atoms with Crippen molar-refractivity contribution in [1.29, 1.82) is 0 Å². The third-order valence-corrected chi connectivity index (χ3v) is 5.40. The van der Waals surface area contributed by atoms with Crippen LogP contribution in [-0.4, -0.2) is 97.1 Å². The van der Waals surface area contributed by atoms with Gasteiger partial charge >= 0.3 is 5.97 Å². The van der Waals surface area contributed by atoms with Crippen LogP contribution in [0.2, 0.25) is 0 Å². The fraction of sp³-hybridized carbons (Fsp3) is 0.650. The molecule has 0 aromatic carbocycles. The predicted molar refractivity (Wildman–Crippen MR) is 222 cm³/mol. The van der Waals surface area contributed by atoms with Gasteiger partial charge in [0.25, 0.3) is 6.47 Å². The molecule has 16 heteroatoms. The van der Waals surface area contributed by atoms with Crippen molar-refractivity contribution in [3.05, 3.63) is 0 Å². The first-order valence-corrected chi connectivity index (χ1v) is 16.1. The van der Waals surface area contributed by atoms with Crippen LogP contribution in [0.15, 0.2) is 0 Å². The van der Waals surface area contributed by atoms with E-state index < -0.39 is 41.6 Å². The maximum atomic E-state index is 11.5. The van der Waals surface area contributed by atoms with E-state index in [1.165, 1.54) is 55.9 Å². The number of aliphatic carboxylic acids is 1. The molecule has 0 aromatic heterocycles. The smallest absolute Gasteiger partial charge is 0.308 e. The average Bonchev–Trinajstić information content (AvgIpc) is 3.11. The molecule has 0 aromatic rings. The van der Waals surface area contributed by atoms with Gasteiger partial charge in [-0.1, -0.05) is 96.9 Å². The Labute approximate surface area is 393 Å². The topological polar surface area (TPSA) is 197 Å². The summed E-state index contributed by atoms with van der Waals surface area (Å²) in [5, 5.41) is 13.6. The number of carbonyl (C=O) groups is 8. The molecule has 3 N–H and O–H groups in total. The van der Waals surface area contributed by atoms with E-state index in [2.05, 4.69) is 50.9 Å². The van der Waals surface area contributed by atoms with Crippen molar-refractivity contribution in [2.24, 2.45) is 17.8 Å². The van der Waals surface area contributed by atoms with Gasteiger partial charge in [-0.05, 0) is 37.5 Å². The number of ether oxygens (including phenoxy) is 1. The maximum absolute atomic E-state index is 11.5. The number of hydrogen-bond acceptors (Lipinski definition) is 9. The van der Waals surface area contributed by atoms with Crippen LogP contribution in [0, 0.1) is 53.3 Å². The Morgan fingerprint density at radius 2 is 0.786 bits per heavy atom. The molecule has 14 nitrogen and oxygen atoms in total. The molecule has 56 heavy (non-hydrogen) atoms. The van der Waals surface area contributed by atoms with E-state index in [9.17, 15) is 38.4 Å². The van der Waals surface area contributed by atoms with E-state index in [1.54, 1.807) is 13.8 Å². The second-order valence-corrected chi connectivity index (χ2v) is 8.04. The van der Waals surface area contributed by atoms with Gasteiger partial charge in [-0.15, -0.1) is 0 Å². The number of carboxylic acid groups (broad SMARTS) is 1. The first kappa shape index (κ1) is 89.6. The molecule has 2 radical (unpaired) electrons. The third-order valence-electron chi connectivity index (χ3n) is 5.40. The minimum Gasteiger partial charge on any atom is -0.481 e. The molecule has 6 amide bonds. The molecule has 2 atom stereocenters.